The number of amides is 1. The minimum atomic E-state index is 0.0357. The number of morpholine rings is 1. The van der Waals surface area contributed by atoms with E-state index in [1.807, 2.05) is 55.0 Å². The summed E-state index contributed by atoms with van der Waals surface area (Å²) in [6.07, 6.45) is 10.7. The van der Waals surface area contributed by atoms with Gasteiger partial charge in [0.1, 0.15) is 0 Å². The molecule has 1 saturated heterocycles. The molecular weight excluding hydrogens is 478 g/mol. The average Bonchev–Trinajstić information content (AvgIpc) is 3.48. The molecule has 0 atom stereocenters. The van der Waals surface area contributed by atoms with Gasteiger partial charge in [0, 0.05) is 67.3 Å². The lowest BCUT2D eigenvalue weighted by atomic mass is 10.1. The molecule has 196 valence electrons. The van der Waals surface area contributed by atoms with Crippen LogP contribution in [0.2, 0.25) is 0 Å². The van der Waals surface area contributed by atoms with E-state index in [1.54, 1.807) is 12.4 Å². The Hall–Kier alpha value is -4.24. The topological polar surface area (TPSA) is 97.2 Å². The first kappa shape index (κ1) is 25.4. The Kier molecular flexibility index (Phi) is 8.58. The molecule has 0 radical (unpaired) electrons. The number of hydrogen-bond donors (Lipinski definition) is 2. The van der Waals surface area contributed by atoms with E-state index in [9.17, 15) is 4.79 Å². The standard InChI is InChI=1S/C29H33N7O2/c37-28(4-2-1-3-16-35-17-15-30-22-35)32-24-7-5-23(6-8-24)27-13-14-31-29(34-27)33-25-9-11-26(12-10-25)36-18-20-38-21-19-36/h5-15,17,22H,1-4,16,18-21H2,(H,32,37)(H,31,33,34). The van der Waals surface area contributed by atoms with Gasteiger partial charge in [-0.1, -0.05) is 18.6 Å². The number of aromatic nitrogens is 4. The molecule has 1 fully saturated rings. The third-order valence-corrected chi connectivity index (χ3v) is 6.50. The number of benzene rings is 2. The summed E-state index contributed by atoms with van der Waals surface area (Å²) in [5.41, 5.74) is 4.66. The third-order valence-electron chi connectivity index (χ3n) is 6.50. The van der Waals surface area contributed by atoms with Gasteiger partial charge in [0.25, 0.3) is 0 Å². The lowest BCUT2D eigenvalue weighted by Crippen LogP contribution is -2.36. The van der Waals surface area contributed by atoms with Crippen molar-refractivity contribution in [3.05, 3.63) is 79.5 Å². The highest BCUT2D eigenvalue weighted by Crippen LogP contribution is 2.23. The highest BCUT2D eigenvalue weighted by atomic mass is 16.5. The first-order valence-electron chi connectivity index (χ1n) is 13.1. The lowest BCUT2D eigenvalue weighted by molar-refractivity contribution is -0.116. The number of anilines is 4. The summed E-state index contributed by atoms with van der Waals surface area (Å²) in [6.45, 7) is 4.29. The minimum Gasteiger partial charge on any atom is -0.378 e. The van der Waals surface area contributed by atoms with Gasteiger partial charge in [-0.3, -0.25) is 4.79 Å². The Balaban J connectivity index is 1.10. The zero-order valence-electron chi connectivity index (χ0n) is 21.4. The highest BCUT2D eigenvalue weighted by Gasteiger charge is 2.11. The predicted octanol–water partition coefficient (Wildman–Crippen LogP) is 5.12. The van der Waals surface area contributed by atoms with E-state index in [2.05, 4.69) is 47.2 Å². The van der Waals surface area contributed by atoms with E-state index < -0.39 is 0 Å². The molecule has 4 aromatic rings. The van der Waals surface area contributed by atoms with Crippen molar-refractivity contribution in [2.75, 3.05) is 41.8 Å². The van der Waals surface area contributed by atoms with Crippen molar-refractivity contribution < 1.29 is 9.53 Å². The van der Waals surface area contributed by atoms with Crippen molar-refractivity contribution in [2.45, 2.75) is 32.2 Å². The van der Waals surface area contributed by atoms with Crippen LogP contribution in [0.4, 0.5) is 23.0 Å². The van der Waals surface area contributed by atoms with Crippen LogP contribution in [0, 0.1) is 0 Å². The second-order valence-electron chi connectivity index (χ2n) is 9.27. The fraction of sp³-hybridized carbons (Fsp3) is 0.310. The molecule has 1 aliphatic heterocycles. The van der Waals surface area contributed by atoms with E-state index in [-0.39, 0.29) is 5.91 Å². The quantitative estimate of drug-likeness (QED) is 0.270. The normalized spacial score (nSPS) is 13.3. The van der Waals surface area contributed by atoms with Crippen LogP contribution in [0.1, 0.15) is 25.7 Å². The number of rotatable bonds is 11. The van der Waals surface area contributed by atoms with E-state index in [0.717, 1.165) is 74.7 Å². The van der Waals surface area contributed by atoms with Gasteiger partial charge in [-0.2, -0.15) is 0 Å². The van der Waals surface area contributed by atoms with Gasteiger partial charge in [0.15, 0.2) is 0 Å². The van der Waals surface area contributed by atoms with Gasteiger partial charge in [-0.25, -0.2) is 15.0 Å². The molecular formula is C29H33N7O2. The summed E-state index contributed by atoms with van der Waals surface area (Å²) in [4.78, 5) is 27.7. The second-order valence-corrected chi connectivity index (χ2v) is 9.27. The fourth-order valence-corrected chi connectivity index (χ4v) is 4.41. The minimum absolute atomic E-state index is 0.0357. The van der Waals surface area contributed by atoms with Crippen LogP contribution >= 0.6 is 0 Å². The van der Waals surface area contributed by atoms with Gasteiger partial charge in [-0.05, 0) is 55.3 Å². The molecule has 0 bridgehead atoms. The Morgan fingerprint density at radius 2 is 1.68 bits per heavy atom. The van der Waals surface area contributed by atoms with Gasteiger partial charge in [0.05, 0.1) is 25.2 Å². The SMILES string of the molecule is O=C(CCCCCn1ccnc1)Nc1ccc(-c2ccnc(Nc3ccc(N4CCOCC4)cc3)n2)cc1. The molecule has 5 rings (SSSR count). The van der Waals surface area contributed by atoms with Crippen LogP contribution in [0.5, 0.6) is 0 Å². The predicted molar refractivity (Wildman–Crippen MR) is 150 cm³/mol. The molecule has 0 unspecified atom stereocenters. The molecule has 2 aromatic carbocycles. The fourth-order valence-electron chi connectivity index (χ4n) is 4.41. The number of ether oxygens (including phenoxy) is 1. The van der Waals surface area contributed by atoms with Gasteiger partial charge in [0.2, 0.25) is 11.9 Å². The van der Waals surface area contributed by atoms with Crippen LogP contribution < -0.4 is 15.5 Å². The summed E-state index contributed by atoms with van der Waals surface area (Å²) in [6, 6.07) is 17.9. The lowest BCUT2D eigenvalue weighted by Gasteiger charge is -2.28. The van der Waals surface area contributed by atoms with Crippen LogP contribution in [-0.2, 0) is 16.1 Å². The second kappa shape index (κ2) is 12.8. The first-order chi connectivity index (χ1) is 18.7. The number of nitrogens with one attached hydrogen (secondary N) is 2. The van der Waals surface area contributed by atoms with Crippen LogP contribution in [0.3, 0.4) is 0 Å². The van der Waals surface area contributed by atoms with Crippen LogP contribution in [0.25, 0.3) is 11.3 Å². The van der Waals surface area contributed by atoms with E-state index in [4.69, 9.17) is 4.74 Å². The van der Waals surface area contributed by atoms with E-state index >= 15 is 0 Å². The molecule has 0 aliphatic carbocycles. The highest BCUT2D eigenvalue weighted by molar-refractivity contribution is 5.90. The average molecular weight is 512 g/mol. The van der Waals surface area contributed by atoms with Crippen molar-refractivity contribution in [3.63, 3.8) is 0 Å². The molecule has 2 N–H and O–H groups in total. The Morgan fingerprint density at radius 3 is 2.45 bits per heavy atom. The molecule has 3 heterocycles. The maximum atomic E-state index is 12.3. The van der Waals surface area contributed by atoms with Crippen molar-refractivity contribution in [1.29, 1.82) is 0 Å². The van der Waals surface area contributed by atoms with Gasteiger partial charge in [-0.15, -0.1) is 0 Å². The number of hydrogen-bond acceptors (Lipinski definition) is 7. The van der Waals surface area contributed by atoms with Crippen molar-refractivity contribution in [3.8, 4) is 11.3 Å². The zero-order chi connectivity index (χ0) is 26.0. The van der Waals surface area contributed by atoms with E-state index in [0.29, 0.717) is 12.4 Å². The largest absolute Gasteiger partial charge is 0.378 e. The van der Waals surface area contributed by atoms with Crippen molar-refractivity contribution >= 4 is 28.9 Å². The summed E-state index contributed by atoms with van der Waals surface area (Å²) >= 11 is 0. The molecule has 2 aromatic heterocycles. The Bertz CT molecular complexity index is 1290. The number of unbranched alkanes of at least 4 members (excludes halogenated alkanes) is 2. The molecule has 38 heavy (non-hydrogen) atoms. The number of carbonyl (C=O) groups is 1. The van der Waals surface area contributed by atoms with Gasteiger partial charge >= 0.3 is 0 Å². The third kappa shape index (κ3) is 7.17. The molecule has 9 nitrogen and oxygen atoms in total. The van der Waals surface area contributed by atoms with Crippen molar-refractivity contribution in [1.82, 2.24) is 19.5 Å². The summed E-state index contributed by atoms with van der Waals surface area (Å²) in [5, 5.41) is 6.28. The smallest absolute Gasteiger partial charge is 0.227 e. The molecule has 1 aliphatic rings. The van der Waals surface area contributed by atoms with E-state index in [1.165, 1.54) is 5.69 Å². The Labute approximate surface area is 222 Å². The molecule has 1 amide bonds. The number of carbonyl (C=O) groups excluding carboxylic acids is 1. The maximum Gasteiger partial charge on any atom is 0.227 e. The van der Waals surface area contributed by atoms with Crippen molar-refractivity contribution in [2.24, 2.45) is 0 Å². The van der Waals surface area contributed by atoms with Gasteiger partial charge < -0.3 is 24.8 Å². The summed E-state index contributed by atoms with van der Waals surface area (Å²) in [5.74, 6) is 0.570. The maximum absolute atomic E-state index is 12.3. The Morgan fingerprint density at radius 1 is 0.895 bits per heavy atom. The van der Waals surface area contributed by atoms with Crippen LogP contribution in [-0.4, -0.2) is 51.7 Å². The zero-order valence-corrected chi connectivity index (χ0v) is 21.4. The monoisotopic (exact) mass is 511 g/mol. The molecule has 0 saturated carbocycles. The number of imidazole rings is 1. The molecule has 9 heteroatoms. The number of nitrogens with zero attached hydrogens (tertiary/aromatic N) is 5. The summed E-state index contributed by atoms with van der Waals surface area (Å²) < 4.78 is 7.49. The number of aryl methyl sites for hydroxylation is 1. The summed E-state index contributed by atoms with van der Waals surface area (Å²) in [7, 11) is 0. The molecule has 0 spiro atoms. The first-order valence-corrected chi connectivity index (χ1v) is 13.1. The van der Waals surface area contributed by atoms with Crippen LogP contribution in [0.15, 0.2) is 79.5 Å².